The third-order valence-electron chi connectivity index (χ3n) is 3.48. The van der Waals surface area contributed by atoms with Gasteiger partial charge in [0.15, 0.2) is 6.61 Å². The fraction of sp³-hybridized carbons (Fsp3) is 0.429. The van der Waals surface area contributed by atoms with Crippen LogP contribution in [-0.2, 0) is 14.3 Å². The van der Waals surface area contributed by atoms with Crippen molar-refractivity contribution in [1.29, 1.82) is 0 Å². The van der Waals surface area contributed by atoms with Gasteiger partial charge in [-0.1, -0.05) is 11.6 Å². The SMILES string of the molecule is COc1ccc(Cl)cc1NC(=O)COC(=O)C1(C)CC1(Cl)Cl. The van der Waals surface area contributed by atoms with E-state index in [1.54, 1.807) is 19.1 Å². The van der Waals surface area contributed by atoms with Gasteiger partial charge in [0.1, 0.15) is 15.5 Å². The van der Waals surface area contributed by atoms with Gasteiger partial charge >= 0.3 is 5.97 Å². The quantitative estimate of drug-likeness (QED) is 0.640. The first-order valence-electron chi connectivity index (χ1n) is 6.38. The number of anilines is 1. The molecular weight excluding hydrogens is 353 g/mol. The Morgan fingerprint density at radius 3 is 2.55 bits per heavy atom. The van der Waals surface area contributed by atoms with E-state index < -0.39 is 28.2 Å². The molecule has 0 heterocycles. The number of esters is 1. The van der Waals surface area contributed by atoms with E-state index >= 15 is 0 Å². The summed E-state index contributed by atoms with van der Waals surface area (Å²) in [4.78, 5) is 23.7. The molecule has 1 amide bonds. The molecule has 0 aromatic heterocycles. The second kappa shape index (κ2) is 6.14. The second-order valence-electron chi connectivity index (χ2n) is 5.18. The van der Waals surface area contributed by atoms with Crippen LogP contribution < -0.4 is 10.1 Å². The summed E-state index contributed by atoms with van der Waals surface area (Å²) in [6, 6.07) is 4.78. The lowest BCUT2D eigenvalue weighted by Crippen LogP contribution is -2.26. The predicted octanol–water partition coefficient (Wildman–Crippen LogP) is 3.41. The number of rotatable bonds is 5. The zero-order valence-corrected chi connectivity index (χ0v) is 14.2. The van der Waals surface area contributed by atoms with Crippen molar-refractivity contribution in [3.8, 4) is 5.75 Å². The number of ether oxygens (including phenoxy) is 2. The third kappa shape index (κ3) is 3.42. The Labute approximate surface area is 142 Å². The first kappa shape index (κ1) is 17.2. The number of carbonyl (C=O) groups excluding carboxylic acids is 2. The summed E-state index contributed by atoms with van der Waals surface area (Å²) in [5.74, 6) is -0.683. The van der Waals surface area contributed by atoms with Crippen molar-refractivity contribution in [2.45, 2.75) is 17.7 Å². The molecule has 1 aromatic carbocycles. The van der Waals surface area contributed by atoms with Gasteiger partial charge in [-0.15, -0.1) is 23.2 Å². The van der Waals surface area contributed by atoms with Crippen LogP contribution in [0.25, 0.3) is 0 Å². The van der Waals surface area contributed by atoms with Crippen molar-refractivity contribution in [2.24, 2.45) is 5.41 Å². The molecule has 5 nitrogen and oxygen atoms in total. The summed E-state index contributed by atoms with van der Waals surface area (Å²) in [6.07, 6.45) is 0.297. The fourth-order valence-corrected chi connectivity index (χ4v) is 2.74. The maximum absolute atomic E-state index is 11.9. The molecule has 1 saturated carbocycles. The third-order valence-corrected chi connectivity index (χ3v) is 4.81. The Kier molecular flexibility index (Phi) is 4.80. The Hall–Kier alpha value is -1.17. The molecule has 1 atom stereocenters. The highest BCUT2D eigenvalue weighted by Gasteiger charge is 2.69. The van der Waals surface area contributed by atoms with E-state index in [0.29, 0.717) is 22.9 Å². The Balaban J connectivity index is 1.92. The molecule has 8 heteroatoms. The van der Waals surface area contributed by atoms with Crippen LogP contribution in [0.3, 0.4) is 0 Å². The van der Waals surface area contributed by atoms with Crippen LogP contribution in [0.15, 0.2) is 18.2 Å². The van der Waals surface area contributed by atoms with Crippen molar-refractivity contribution in [2.75, 3.05) is 19.0 Å². The van der Waals surface area contributed by atoms with Gasteiger partial charge in [-0.3, -0.25) is 9.59 Å². The molecule has 2 rings (SSSR count). The van der Waals surface area contributed by atoms with Crippen LogP contribution >= 0.6 is 34.8 Å². The molecule has 1 aliphatic rings. The van der Waals surface area contributed by atoms with Crippen LogP contribution in [0, 0.1) is 5.41 Å². The maximum Gasteiger partial charge on any atom is 0.315 e. The zero-order chi connectivity index (χ0) is 16.5. The number of hydrogen-bond donors (Lipinski definition) is 1. The van der Waals surface area contributed by atoms with Crippen molar-refractivity contribution in [3.63, 3.8) is 0 Å². The molecule has 0 aliphatic heterocycles. The normalized spacial score (nSPS) is 21.9. The van der Waals surface area contributed by atoms with E-state index in [1.807, 2.05) is 0 Å². The lowest BCUT2D eigenvalue weighted by atomic mass is 10.1. The molecule has 0 saturated heterocycles. The molecule has 1 aliphatic carbocycles. The van der Waals surface area contributed by atoms with Gasteiger partial charge in [-0.25, -0.2) is 0 Å². The van der Waals surface area contributed by atoms with Crippen LogP contribution in [-0.4, -0.2) is 29.9 Å². The smallest absolute Gasteiger partial charge is 0.315 e. The van der Waals surface area contributed by atoms with Gasteiger partial charge in [0, 0.05) is 11.4 Å². The molecular formula is C14H14Cl3NO4. The number of benzene rings is 1. The average Bonchev–Trinajstić information content (AvgIpc) is 2.96. The standard InChI is InChI=1S/C14H14Cl3NO4/c1-13(7-14(13,16)17)12(20)22-6-11(19)18-9-5-8(15)3-4-10(9)21-2/h3-5H,6-7H2,1-2H3,(H,18,19). The van der Waals surface area contributed by atoms with E-state index in [1.165, 1.54) is 13.2 Å². The first-order chi connectivity index (χ1) is 10.2. The molecule has 22 heavy (non-hydrogen) atoms. The Morgan fingerprint density at radius 2 is 2.00 bits per heavy atom. The highest BCUT2D eigenvalue weighted by Crippen LogP contribution is 2.64. The van der Waals surface area contributed by atoms with Gasteiger partial charge in [-0.2, -0.15) is 0 Å². The molecule has 120 valence electrons. The molecule has 1 fully saturated rings. The number of halogens is 3. The molecule has 0 radical (unpaired) electrons. The minimum atomic E-state index is -1.13. The molecule has 0 bridgehead atoms. The number of hydrogen-bond acceptors (Lipinski definition) is 4. The predicted molar refractivity (Wildman–Crippen MR) is 84.8 cm³/mol. The summed E-state index contributed by atoms with van der Waals surface area (Å²) in [5.41, 5.74) is -0.581. The van der Waals surface area contributed by atoms with Crippen molar-refractivity contribution in [3.05, 3.63) is 23.2 Å². The number of methoxy groups -OCH3 is 1. The van der Waals surface area contributed by atoms with E-state index in [4.69, 9.17) is 44.3 Å². The zero-order valence-electron chi connectivity index (χ0n) is 11.9. The van der Waals surface area contributed by atoms with Gasteiger partial charge in [0.2, 0.25) is 0 Å². The first-order valence-corrected chi connectivity index (χ1v) is 7.51. The summed E-state index contributed by atoms with van der Waals surface area (Å²) in [6.45, 7) is 1.14. The largest absolute Gasteiger partial charge is 0.495 e. The average molecular weight is 367 g/mol. The topological polar surface area (TPSA) is 64.6 Å². The Morgan fingerprint density at radius 1 is 1.36 bits per heavy atom. The van der Waals surface area contributed by atoms with E-state index in [-0.39, 0.29) is 0 Å². The van der Waals surface area contributed by atoms with Crippen LogP contribution in [0.5, 0.6) is 5.75 Å². The van der Waals surface area contributed by atoms with Gasteiger partial charge < -0.3 is 14.8 Å². The van der Waals surface area contributed by atoms with Crippen LogP contribution in [0.1, 0.15) is 13.3 Å². The highest BCUT2D eigenvalue weighted by molar-refractivity contribution is 6.53. The Bertz CT molecular complexity index is 620. The molecule has 1 N–H and O–H groups in total. The van der Waals surface area contributed by atoms with Crippen LogP contribution in [0.4, 0.5) is 5.69 Å². The summed E-state index contributed by atoms with van der Waals surface area (Å²) in [5, 5.41) is 3.00. The van der Waals surface area contributed by atoms with Crippen molar-refractivity contribution >= 4 is 52.4 Å². The second-order valence-corrected chi connectivity index (χ2v) is 7.10. The molecule has 0 spiro atoms. The van der Waals surface area contributed by atoms with Gasteiger partial charge in [0.05, 0.1) is 12.8 Å². The van der Waals surface area contributed by atoms with Crippen LogP contribution in [0.2, 0.25) is 5.02 Å². The number of nitrogens with one attached hydrogen (secondary N) is 1. The molecule has 1 aromatic rings. The van der Waals surface area contributed by atoms with E-state index in [9.17, 15) is 9.59 Å². The van der Waals surface area contributed by atoms with Gasteiger partial charge in [0.25, 0.3) is 5.91 Å². The summed E-state index contributed by atoms with van der Waals surface area (Å²) in [7, 11) is 1.47. The molecule has 1 unspecified atom stereocenters. The van der Waals surface area contributed by atoms with Gasteiger partial charge in [-0.05, 0) is 25.1 Å². The number of carbonyl (C=O) groups is 2. The number of alkyl halides is 2. The van der Waals surface area contributed by atoms with E-state index in [0.717, 1.165) is 0 Å². The summed E-state index contributed by atoms with van der Waals surface area (Å²) < 4.78 is 8.92. The minimum absolute atomic E-state index is 0.297. The van der Waals surface area contributed by atoms with Crippen molar-refractivity contribution < 1.29 is 19.1 Å². The van der Waals surface area contributed by atoms with E-state index in [2.05, 4.69) is 5.32 Å². The highest BCUT2D eigenvalue weighted by atomic mass is 35.5. The lowest BCUT2D eigenvalue weighted by Gasteiger charge is -2.13. The van der Waals surface area contributed by atoms with Crippen molar-refractivity contribution in [1.82, 2.24) is 0 Å². The lowest BCUT2D eigenvalue weighted by molar-refractivity contribution is -0.152. The maximum atomic E-state index is 11.9. The minimum Gasteiger partial charge on any atom is -0.495 e. The summed E-state index contributed by atoms with van der Waals surface area (Å²) >= 11 is 17.6. The fourth-order valence-electron chi connectivity index (χ4n) is 1.88. The monoisotopic (exact) mass is 365 g/mol. The number of amides is 1.